The van der Waals surface area contributed by atoms with Gasteiger partial charge in [-0.3, -0.25) is 4.79 Å². The number of likely N-dealkylation sites (tertiary alicyclic amines) is 1. The van der Waals surface area contributed by atoms with E-state index in [2.05, 4.69) is 11.6 Å². The second-order valence-electron chi connectivity index (χ2n) is 6.51. The van der Waals surface area contributed by atoms with Gasteiger partial charge in [-0.25, -0.2) is 13.1 Å². The molecule has 2 aromatic rings. The lowest BCUT2D eigenvalue weighted by Crippen LogP contribution is -2.35. The summed E-state index contributed by atoms with van der Waals surface area (Å²) in [6.45, 7) is 3.94. The molecular formula is C16H21N3O3S3. The summed E-state index contributed by atoms with van der Waals surface area (Å²) < 4.78 is 27.8. The molecule has 0 spiro atoms. The van der Waals surface area contributed by atoms with Crippen molar-refractivity contribution in [3.63, 3.8) is 0 Å². The van der Waals surface area contributed by atoms with Gasteiger partial charge in [-0.1, -0.05) is 13.0 Å². The maximum absolute atomic E-state index is 12.8. The van der Waals surface area contributed by atoms with Gasteiger partial charge in [0.1, 0.15) is 9.77 Å². The summed E-state index contributed by atoms with van der Waals surface area (Å²) in [4.78, 5) is 15.8. The van der Waals surface area contributed by atoms with Gasteiger partial charge >= 0.3 is 0 Å². The van der Waals surface area contributed by atoms with Crippen molar-refractivity contribution in [1.82, 2.24) is 9.62 Å². The second-order valence-corrected chi connectivity index (χ2v) is 10.2. The Kier molecular flexibility index (Phi) is 5.31. The molecule has 1 aliphatic rings. The average Bonchev–Trinajstić information content (AvgIpc) is 3.33. The van der Waals surface area contributed by atoms with E-state index in [0.717, 1.165) is 22.6 Å². The number of nitrogens with one attached hydrogen (secondary N) is 1. The normalized spacial score (nSPS) is 21.0. The zero-order chi connectivity index (χ0) is 18.1. The van der Waals surface area contributed by atoms with E-state index in [0.29, 0.717) is 19.6 Å². The Morgan fingerprint density at radius 2 is 2.16 bits per heavy atom. The van der Waals surface area contributed by atoms with Crippen molar-refractivity contribution < 1.29 is 13.2 Å². The maximum Gasteiger partial charge on any atom is 0.265 e. The van der Waals surface area contributed by atoms with Gasteiger partial charge in [0.05, 0.1) is 0 Å². The van der Waals surface area contributed by atoms with Gasteiger partial charge in [0, 0.05) is 24.5 Å². The number of nitrogens with zero attached hydrogens (tertiary/aromatic N) is 1. The van der Waals surface area contributed by atoms with Gasteiger partial charge in [0.25, 0.3) is 5.91 Å². The molecule has 3 heterocycles. The van der Waals surface area contributed by atoms with E-state index in [4.69, 9.17) is 5.73 Å². The minimum Gasteiger partial charge on any atom is -0.337 e. The molecule has 2 aromatic heterocycles. The predicted octanol–water partition coefficient (Wildman–Crippen LogP) is 2.10. The van der Waals surface area contributed by atoms with E-state index >= 15 is 0 Å². The molecule has 9 heteroatoms. The van der Waals surface area contributed by atoms with Crippen LogP contribution in [0.15, 0.2) is 33.9 Å². The Morgan fingerprint density at radius 1 is 1.36 bits per heavy atom. The quantitative estimate of drug-likeness (QED) is 0.778. The summed E-state index contributed by atoms with van der Waals surface area (Å²) in [6.07, 6.45) is 0.833. The third kappa shape index (κ3) is 3.95. The Bertz CT molecular complexity index is 845. The number of nitrogens with two attached hydrogens (primary N) is 1. The molecular weight excluding hydrogens is 378 g/mol. The van der Waals surface area contributed by atoms with Gasteiger partial charge in [-0.05, 0) is 41.3 Å². The van der Waals surface area contributed by atoms with Gasteiger partial charge in [-0.15, -0.1) is 22.7 Å². The molecule has 1 aliphatic heterocycles. The van der Waals surface area contributed by atoms with Gasteiger partial charge < -0.3 is 10.6 Å². The molecule has 0 radical (unpaired) electrons. The highest BCUT2D eigenvalue weighted by Crippen LogP contribution is 2.32. The van der Waals surface area contributed by atoms with Crippen molar-refractivity contribution in [3.05, 3.63) is 38.7 Å². The smallest absolute Gasteiger partial charge is 0.265 e. The van der Waals surface area contributed by atoms with Crippen LogP contribution in [0.3, 0.4) is 0 Å². The summed E-state index contributed by atoms with van der Waals surface area (Å²) in [5.74, 6) is -0.233. The van der Waals surface area contributed by atoms with Crippen LogP contribution in [-0.2, 0) is 16.6 Å². The topological polar surface area (TPSA) is 92.5 Å². The zero-order valence-electron chi connectivity index (χ0n) is 13.9. The lowest BCUT2D eigenvalue weighted by molar-refractivity contribution is 0.0778. The first kappa shape index (κ1) is 18.5. The number of hydrogen-bond donors (Lipinski definition) is 2. The number of thiophene rings is 2. The molecule has 136 valence electrons. The molecule has 0 aromatic carbocycles. The van der Waals surface area contributed by atoms with Crippen LogP contribution in [0.1, 0.15) is 27.9 Å². The highest BCUT2D eigenvalue weighted by molar-refractivity contribution is 7.89. The Hall–Kier alpha value is -1.26. The lowest BCUT2D eigenvalue weighted by atomic mass is 9.90. The van der Waals surface area contributed by atoms with Crippen molar-refractivity contribution in [3.8, 4) is 0 Å². The van der Waals surface area contributed by atoms with E-state index in [1.807, 2.05) is 17.5 Å². The first-order valence-electron chi connectivity index (χ1n) is 7.93. The van der Waals surface area contributed by atoms with Crippen molar-refractivity contribution >= 4 is 38.6 Å². The fraction of sp³-hybridized carbons (Fsp3) is 0.438. The summed E-state index contributed by atoms with van der Waals surface area (Å²) in [7, 11) is -3.74. The molecule has 0 aliphatic carbocycles. The van der Waals surface area contributed by atoms with E-state index in [1.54, 1.807) is 10.3 Å². The first-order valence-corrected chi connectivity index (χ1v) is 11.2. The fourth-order valence-corrected chi connectivity index (χ4v) is 5.96. The molecule has 3 rings (SSSR count). The van der Waals surface area contributed by atoms with E-state index < -0.39 is 10.0 Å². The van der Waals surface area contributed by atoms with Crippen LogP contribution >= 0.6 is 22.7 Å². The Balaban J connectivity index is 1.77. The van der Waals surface area contributed by atoms with Crippen LogP contribution in [0.2, 0.25) is 0 Å². The zero-order valence-corrected chi connectivity index (χ0v) is 16.3. The van der Waals surface area contributed by atoms with Crippen LogP contribution in [0.25, 0.3) is 0 Å². The minimum atomic E-state index is -3.74. The summed E-state index contributed by atoms with van der Waals surface area (Å²) in [5.41, 5.74) is 5.70. The van der Waals surface area contributed by atoms with Crippen LogP contribution in [0.4, 0.5) is 0 Å². The molecule has 0 saturated carbocycles. The SMILES string of the molecule is CC1(CN)CCN(C(=O)c2sccc2S(=O)(=O)NCc2cccs2)C1. The third-order valence-corrected chi connectivity index (χ3v) is 7.82. The minimum absolute atomic E-state index is 0.0559. The van der Waals surface area contributed by atoms with Gasteiger partial charge in [-0.2, -0.15) is 0 Å². The van der Waals surface area contributed by atoms with Crippen molar-refractivity contribution in [2.45, 2.75) is 24.8 Å². The molecule has 25 heavy (non-hydrogen) atoms. The van der Waals surface area contributed by atoms with E-state index in [9.17, 15) is 13.2 Å². The van der Waals surface area contributed by atoms with Crippen LogP contribution in [0, 0.1) is 5.41 Å². The van der Waals surface area contributed by atoms with Crippen LogP contribution in [-0.4, -0.2) is 38.9 Å². The number of amides is 1. The summed E-state index contributed by atoms with van der Waals surface area (Å²) in [6, 6.07) is 5.23. The molecule has 1 fully saturated rings. The van der Waals surface area contributed by atoms with E-state index in [-0.39, 0.29) is 27.6 Å². The number of sulfonamides is 1. The van der Waals surface area contributed by atoms with Crippen molar-refractivity contribution in [2.75, 3.05) is 19.6 Å². The largest absolute Gasteiger partial charge is 0.337 e. The Morgan fingerprint density at radius 3 is 2.80 bits per heavy atom. The fourth-order valence-electron chi connectivity index (χ4n) is 2.83. The number of rotatable bonds is 6. The van der Waals surface area contributed by atoms with Crippen molar-refractivity contribution in [2.24, 2.45) is 11.1 Å². The molecule has 1 atom stereocenters. The number of carbonyl (C=O) groups excluding carboxylic acids is 1. The highest BCUT2D eigenvalue weighted by atomic mass is 32.2. The molecule has 0 bridgehead atoms. The van der Waals surface area contributed by atoms with Crippen LogP contribution < -0.4 is 10.5 Å². The third-order valence-electron chi connectivity index (χ3n) is 4.47. The van der Waals surface area contributed by atoms with Gasteiger partial charge in [0.2, 0.25) is 10.0 Å². The number of carbonyl (C=O) groups is 1. The summed E-state index contributed by atoms with van der Waals surface area (Å²) >= 11 is 2.65. The standard InChI is InChI=1S/C16H21N3O3S3/c1-16(10-17)5-6-19(11-16)15(20)14-13(4-8-24-14)25(21,22)18-9-12-3-2-7-23-12/h2-4,7-8,18H,5-6,9-11,17H2,1H3. The predicted molar refractivity (Wildman–Crippen MR) is 100 cm³/mol. The monoisotopic (exact) mass is 399 g/mol. The maximum atomic E-state index is 12.8. The number of hydrogen-bond acceptors (Lipinski definition) is 6. The summed E-state index contributed by atoms with van der Waals surface area (Å²) in [5, 5.41) is 3.54. The Labute approximate surface area is 155 Å². The molecule has 1 saturated heterocycles. The van der Waals surface area contributed by atoms with Crippen LogP contribution in [0.5, 0.6) is 0 Å². The average molecular weight is 400 g/mol. The second kappa shape index (κ2) is 7.16. The molecule has 3 N–H and O–H groups in total. The highest BCUT2D eigenvalue weighted by Gasteiger charge is 2.37. The molecule has 1 amide bonds. The van der Waals surface area contributed by atoms with E-state index in [1.165, 1.54) is 17.4 Å². The molecule has 6 nitrogen and oxygen atoms in total. The lowest BCUT2D eigenvalue weighted by Gasteiger charge is -2.22. The van der Waals surface area contributed by atoms with Gasteiger partial charge in [0.15, 0.2) is 0 Å². The molecule has 1 unspecified atom stereocenters. The van der Waals surface area contributed by atoms with Crippen molar-refractivity contribution in [1.29, 1.82) is 0 Å². The first-order chi connectivity index (χ1) is 11.8.